The number of hydrogen-bond acceptors (Lipinski definition) is 4. The standard InChI is InChI=1S/C19H16F2N4O/c1-12-5-7-13(8-6-12)11-23-19-22-10-9-16(24-19)18(26)25-17-14(20)3-2-4-15(17)21/h2-10H,11H2,1H3,(H,25,26)(H,22,23,24). The molecule has 2 aromatic carbocycles. The Balaban J connectivity index is 1.70. The average Bonchev–Trinajstić information content (AvgIpc) is 2.64. The Morgan fingerprint density at radius 2 is 1.73 bits per heavy atom. The van der Waals surface area contributed by atoms with Gasteiger partial charge in [-0.1, -0.05) is 35.9 Å². The molecule has 5 nitrogen and oxygen atoms in total. The molecule has 0 aliphatic rings. The summed E-state index contributed by atoms with van der Waals surface area (Å²) in [7, 11) is 0. The molecular formula is C19H16F2N4O. The number of aryl methyl sites for hydroxylation is 1. The van der Waals surface area contributed by atoms with Crippen LogP contribution < -0.4 is 10.6 Å². The van der Waals surface area contributed by atoms with Crippen molar-refractivity contribution in [2.24, 2.45) is 0 Å². The summed E-state index contributed by atoms with van der Waals surface area (Å²) in [5, 5.41) is 5.21. The fraction of sp³-hybridized carbons (Fsp3) is 0.105. The summed E-state index contributed by atoms with van der Waals surface area (Å²) in [4.78, 5) is 20.3. The van der Waals surface area contributed by atoms with Crippen molar-refractivity contribution in [1.82, 2.24) is 9.97 Å². The first-order chi connectivity index (χ1) is 12.5. The van der Waals surface area contributed by atoms with Gasteiger partial charge in [-0.05, 0) is 30.7 Å². The number of anilines is 2. The highest BCUT2D eigenvalue weighted by Gasteiger charge is 2.15. The number of carbonyl (C=O) groups is 1. The van der Waals surface area contributed by atoms with Crippen molar-refractivity contribution in [3.63, 3.8) is 0 Å². The van der Waals surface area contributed by atoms with Gasteiger partial charge < -0.3 is 10.6 Å². The number of para-hydroxylation sites is 1. The third-order valence-corrected chi connectivity index (χ3v) is 3.66. The zero-order chi connectivity index (χ0) is 18.5. The van der Waals surface area contributed by atoms with Crippen molar-refractivity contribution in [3.8, 4) is 0 Å². The van der Waals surface area contributed by atoms with Crippen LogP contribution in [0.2, 0.25) is 0 Å². The lowest BCUT2D eigenvalue weighted by Gasteiger charge is -2.09. The van der Waals surface area contributed by atoms with E-state index in [0.29, 0.717) is 6.54 Å². The van der Waals surface area contributed by atoms with Crippen molar-refractivity contribution < 1.29 is 13.6 Å². The van der Waals surface area contributed by atoms with Crippen LogP contribution in [0.5, 0.6) is 0 Å². The van der Waals surface area contributed by atoms with Crippen LogP contribution in [-0.4, -0.2) is 15.9 Å². The van der Waals surface area contributed by atoms with Gasteiger partial charge in [0.25, 0.3) is 5.91 Å². The highest BCUT2D eigenvalue weighted by molar-refractivity contribution is 6.03. The molecule has 0 saturated heterocycles. The summed E-state index contributed by atoms with van der Waals surface area (Å²) in [5.74, 6) is -2.20. The molecule has 132 valence electrons. The van der Waals surface area contributed by atoms with Crippen LogP contribution in [0.3, 0.4) is 0 Å². The molecule has 0 aliphatic carbocycles. The molecule has 2 N–H and O–H groups in total. The van der Waals surface area contributed by atoms with Crippen molar-refractivity contribution in [3.05, 3.63) is 83.2 Å². The van der Waals surface area contributed by atoms with Crippen LogP contribution in [0.25, 0.3) is 0 Å². The lowest BCUT2D eigenvalue weighted by molar-refractivity contribution is 0.102. The van der Waals surface area contributed by atoms with Crippen LogP contribution in [0.4, 0.5) is 20.4 Å². The number of hydrogen-bond donors (Lipinski definition) is 2. The normalized spacial score (nSPS) is 10.4. The molecule has 3 aromatic rings. The van der Waals surface area contributed by atoms with E-state index in [9.17, 15) is 13.6 Å². The van der Waals surface area contributed by atoms with Gasteiger partial charge in [-0.15, -0.1) is 0 Å². The minimum Gasteiger partial charge on any atom is -0.350 e. The Morgan fingerprint density at radius 3 is 2.42 bits per heavy atom. The smallest absolute Gasteiger partial charge is 0.274 e. The first kappa shape index (κ1) is 17.5. The monoisotopic (exact) mass is 354 g/mol. The lowest BCUT2D eigenvalue weighted by atomic mass is 10.1. The number of rotatable bonds is 5. The number of nitrogens with one attached hydrogen (secondary N) is 2. The summed E-state index contributed by atoms with van der Waals surface area (Å²) in [6.07, 6.45) is 1.40. The van der Waals surface area contributed by atoms with Gasteiger partial charge in [-0.2, -0.15) is 0 Å². The number of benzene rings is 2. The molecule has 3 rings (SSSR count). The Kier molecular flexibility index (Phi) is 5.17. The number of halogens is 2. The van der Waals surface area contributed by atoms with Crippen LogP contribution in [0, 0.1) is 18.6 Å². The average molecular weight is 354 g/mol. The number of carbonyl (C=O) groups excluding carboxylic acids is 1. The molecule has 0 saturated carbocycles. The Bertz CT molecular complexity index is 909. The summed E-state index contributed by atoms with van der Waals surface area (Å²) < 4.78 is 27.3. The molecule has 1 heterocycles. The maximum Gasteiger partial charge on any atom is 0.274 e. The van der Waals surface area contributed by atoms with Gasteiger partial charge in [0.15, 0.2) is 0 Å². The fourth-order valence-electron chi connectivity index (χ4n) is 2.25. The fourth-order valence-corrected chi connectivity index (χ4v) is 2.25. The summed E-state index contributed by atoms with van der Waals surface area (Å²) in [6, 6.07) is 12.6. The molecular weight excluding hydrogens is 338 g/mol. The molecule has 0 aliphatic heterocycles. The second-order valence-corrected chi connectivity index (χ2v) is 5.66. The topological polar surface area (TPSA) is 66.9 Å². The molecule has 0 bridgehead atoms. The SMILES string of the molecule is Cc1ccc(CNc2nccc(C(=O)Nc3c(F)cccc3F)n2)cc1. The third kappa shape index (κ3) is 4.18. The molecule has 26 heavy (non-hydrogen) atoms. The predicted octanol–water partition coefficient (Wildman–Crippen LogP) is 3.93. The van der Waals surface area contributed by atoms with Crippen molar-refractivity contribution in [1.29, 1.82) is 0 Å². The highest BCUT2D eigenvalue weighted by atomic mass is 19.1. The van der Waals surface area contributed by atoms with Crippen LogP contribution >= 0.6 is 0 Å². The lowest BCUT2D eigenvalue weighted by Crippen LogP contribution is -2.17. The second-order valence-electron chi connectivity index (χ2n) is 5.66. The van der Waals surface area contributed by atoms with Gasteiger partial charge >= 0.3 is 0 Å². The molecule has 0 unspecified atom stereocenters. The zero-order valence-corrected chi connectivity index (χ0v) is 14.0. The van der Waals surface area contributed by atoms with Gasteiger partial charge in [0.05, 0.1) is 0 Å². The Labute approximate surface area is 149 Å². The Morgan fingerprint density at radius 1 is 1.04 bits per heavy atom. The van der Waals surface area contributed by atoms with E-state index < -0.39 is 23.2 Å². The van der Waals surface area contributed by atoms with Gasteiger partial charge in [-0.25, -0.2) is 18.7 Å². The second kappa shape index (κ2) is 7.69. The van der Waals surface area contributed by atoms with E-state index in [1.54, 1.807) is 0 Å². The van der Waals surface area contributed by atoms with E-state index in [1.807, 2.05) is 31.2 Å². The zero-order valence-electron chi connectivity index (χ0n) is 14.0. The molecule has 1 amide bonds. The molecule has 0 radical (unpaired) electrons. The molecule has 0 atom stereocenters. The van der Waals surface area contributed by atoms with Gasteiger partial charge in [0.2, 0.25) is 5.95 Å². The summed E-state index contributed by atoms with van der Waals surface area (Å²) in [6.45, 7) is 2.48. The number of aromatic nitrogens is 2. The van der Waals surface area contributed by atoms with Gasteiger partial charge in [0.1, 0.15) is 23.0 Å². The van der Waals surface area contributed by atoms with E-state index in [-0.39, 0.29) is 11.6 Å². The van der Waals surface area contributed by atoms with E-state index in [0.717, 1.165) is 23.3 Å². The van der Waals surface area contributed by atoms with Crippen LogP contribution in [0.1, 0.15) is 21.6 Å². The minimum absolute atomic E-state index is 0.00550. The van der Waals surface area contributed by atoms with Gasteiger partial charge in [0, 0.05) is 12.7 Å². The predicted molar refractivity (Wildman–Crippen MR) is 94.8 cm³/mol. The van der Waals surface area contributed by atoms with Crippen LogP contribution in [0.15, 0.2) is 54.7 Å². The summed E-state index contributed by atoms with van der Waals surface area (Å²) in [5.41, 5.74) is 1.67. The first-order valence-electron chi connectivity index (χ1n) is 7.91. The van der Waals surface area contributed by atoms with E-state index in [2.05, 4.69) is 20.6 Å². The maximum absolute atomic E-state index is 13.6. The third-order valence-electron chi connectivity index (χ3n) is 3.66. The number of amides is 1. The van der Waals surface area contributed by atoms with E-state index in [1.165, 1.54) is 18.3 Å². The van der Waals surface area contributed by atoms with E-state index >= 15 is 0 Å². The highest BCUT2D eigenvalue weighted by Crippen LogP contribution is 2.18. The first-order valence-corrected chi connectivity index (χ1v) is 7.91. The summed E-state index contributed by atoms with van der Waals surface area (Å²) >= 11 is 0. The van der Waals surface area contributed by atoms with Crippen molar-refractivity contribution >= 4 is 17.5 Å². The van der Waals surface area contributed by atoms with Crippen molar-refractivity contribution in [2.75, 3.05) is 10.6 Å². The maximum atomic E-state index is 13.6. The molecule has 1 aromatic heterocycles. The van der Waals surface area contributed by atoms with E-state index in [4.69, 9.17) is 0 Å². The largest absolute Gasteiger partial charge is 0.350 e. The molecule has 0 spiro atoms. The number of nitrogens with zero attached hydrogens (tertiary/aromatic N) is 2. The quantitative estimate of drug-likeness (QED) is 0.729. The van der Waals surface area contributed by atoms with Crippen molar-refractivity contribution in [2.45, 2.75) is 13.5 Å². The Hall–Kier alpha value is -3.35. The minimum atomic E-state index is -0.856. The molecule has 7 heteroatoms. The molecule has 0 fully saturated rings. The van der Waals surface area contributed by atoms with Crippen LogP contribution in [-0.2, 0) is 6.54 Å². The van der Waals surface area contributed by atoms with Gasteiger partial charge in [-0.3, -0.25) is 4.79 Å².